The molecule has 8 heteroatoms. The van der Waals surface area contributed by atoms with E-state index in [1.165, 1.54) is 0 Å². The summed E-state index contributed by atoms with van der Waals surface area (Å²) in [6.07, 6.45) is 4.55. The summed E-state index contributed by atoms with van der Waals surface area (Å²) >= 11 is 12.0. The van der Waals surface area contributed by atoms with Gasteiger partial charge >= 0.3 is 0 Å². The van der Waals surface area contributed by atoms with Crippen molar-refractivity contribution < 1.29 is 13.9 Å². The second-order valence-corrected chi connectivity index (χ2v) is 6.78. The van der Waals surface area contributed by atoms with Gasteiger partial charge in [-0.3, -0.25) is 9.48 Å². The highest BCUT2D eigenvalue weighted by molar-refractivity contribution is 6.42. The number of aromatic nitrogens is 2. The van der Waals surface area contributed by atoms with Crippen molar-refractivity contribution in [3.8, 4) is 5.75 Å². The van der Waals surface area contributed by atoms with Gasteiger partial charge in [0.05, 0.1) is 11.2 Å². The Kier molecular flexibility index (Phi) is 6.42. The number of hydrogen-bond donors (Lipinski definition) is 1. The number of amides is 1. The topological polar surface area (TPSA) is 69.3 Å². The molecule has 0 saturated carbocycles. The van der Waals surface area contributed by atoms with E-state index in [1.54, 1.807) is 30.3 Å². The van der Waals surface area contributed by atoms with Gasteiger partial charge in [0.1, 0.15) is 23.1 Å². The van der Waals surface area contributed by atoms with Crippen LogP contribution in [0.5, 0.6) is 5.75 Å². The lowest BCUT2D eigenvalue weighted by atomic mass is 10.3. The molecule has 0 unspecified atom stereocenters. The zero-order valence-electron chi connectivity index (χ0n) is 14.7. The molecule has 3 rings (SSSR count). The molecule has 0 radical (unpaired) electrons. The minimum atomic E-state index is -0.265. The summed E-state index contributed by atoms with van der Waals surface area (Å²) in [7, 11) is 0. The molecule has 0 spiro atoms. The maximum absolute atomic E-state index is 12.1. The van der Waals surface area contributed by atoms with E-state index in [4.69, 9.17) is 32.4 Å². The monoisotopic (exact) mass is 407 g/mol. The first-order chi connectivity index (χ1) is 13.0. The Hall–Kier alpha value is -2.44. The molecule has 0 aliphatic rings. The Morgan fingerprint density at radius 1 is 1.30 bits per heavy atom. The molecule has 0 bridgehead atoms. The fourth-order valence-electron chi connectivity index (χ4n) is 2.44. The first-order valence-corrected chi connectivity index (χ1v) is 9.21. The molecule has 0 saturated heterocycles. The van der Waals surface area contributed by atoms with Crippen LogP contribution in [0.3, 0.4) is 0 Å². The zero-order chi connectivity index (χ0) is 19.2. The van der Waals surface area contributed by atoms with E-state index in [2.05, 4.69) is 10.4 Å². The van der Waals surface area contributed by atoms with Crippen molar-refractivity contribution in [2.24, 2.45) is 0 Å². The average molecular weight is 408 g/mol. The summed E-state index contributed by atoms with van der Waals surface area (Å²) in [6, 6.07) is 8.45. The lowest BCUT2D eigenvalue weighted by molar-refractivity contribution is 0.0921. The first-order valence-electron chi connectivity index (χ1n) is 8.45. The van der Waals surface area contributed by atoms with Crippen LogP contribution in [-0.4, -0.2) is 22.2 Å². The van der Waals surface area contributed by atoms with Crippen LogP contribution in [0.25, 0.3) is 0 Å². The summed E-state index contributed by atoms with van der Waals surface area (Å²) < 4.78 is 13.0. The van der Waals surface area contributed by atoms with Gasteiger partial charge in [-0.25, -0.2) is 0 Å². The molecule has 2 aromatic heterocycles. The predicted molar refractivity (Wildman–Crippen MR) is 103 cm³/mol. The van der Waals surface area contributed by atoms with Gasteiger partial charge in [-0.15, -0.1) is 0 Å². The Labute approximate surface area is 167 Å². The van der Waals surface area contributed by atoms with Crippen LogP contribution in [0, 0.1) is 6.92 Å². The molecule has 27 heavy (non-hydrogen) atoms. The summed E-state index contributed by atoms with van der Waals surface area (Å²) in [4.78, 5) is 12.1. The molecule has 6 nitrogen and oxygen atoms in total. The van der Waals surface area contributed by atoms with E-state index in [0.29, 0.717) is 28.1 Å². The van der Waals surface area contributed by atoms with Crippen LogP contribution in [0.2, 0.25) is 10.0 Å². The Bertz CT molecular complexity index is 921. The van der Waals surface area contributed by atoms with Gasteiger partial charge in [0.25, 0.3) is 5.91 Å². The number of hydrogen-bond acceptors (Lipinski definition) is 4. The molecule has 1 N–H and O–H groups in total. The van der Waals surface area contributed by atoms with E-state index in [0.717, 1.165) is 18.5 Å². The summed E-state index contributed by atoms with van der Waals surface area (Å²) in [6.45, 7) is 3.41. The summed E-state index contributed by atoms with van der Waals surface area (Å²) in [5, 5.41) is 7.79. The second kappa shape index (κ2) is 8.97. The van der Waals surface area contributed by atoms with E-state index in [-0.39, 0.29) is 18.3 Å². The lowest BCUT2D eigenvalue weighted by Crippen LogP contribution is -2.24. The van der Waals surface area contributed by atoms with Crippen LogP contribution in [0.15, 0.2) is 47.1 Å². The number of rotatable bonds is 8. The number of nitrogens with one attached hydrogen (secondary N) is 1. The maximum atomic E-state index is 12.1. The van der Waals surface area contributed by atoms with Crippen molar-refractivity contribution >= 4 is 29.1 Å². The fraction of sp³-hybridized carbons (Fsp3) is 0.263. The smallest absolute Gasteiger partial charge is 0.286 e. The van der Waals surface area contributed by atoms with Gasteiger partial charge in [-0.05, 0) is 43.2 Å². The van der Waals surface area contributed by atoms with Crippen LogP contribution in [-0.2, 0) is 13.2 Å². The molecule has 2 heterocycles. The predicted octanol–water partition coefficient (Wildman–Crippen LogP) is 4.49. The molecule has 3 aromatic rings. The average Bonchev–Trinajstić information content (AvgIpc) is 3.29. The number of ether oxygens (including phenoxy) is 1. The number of furan rings is 1. The molecular formula is C19H19Cl2N3O3. The van der Waals surface area contributed by atoms with E-state index >= 15 is 0 Å². The van der Waals surface area contributed by atoms with Crippen molar-refractivity contribution in [1.29, 1.82) is 0 Å². The van der Waals surface area contributed by atoms with Crippen LogP contribution in [0.4, 0.5) is 0 Å². The molecular weight excluding hydrogens is 389 g/mol. The zero-order valence-corrected chi connectivity index (χ0v) is 16.3. The number of nitrogens with zero attached hydrogens (tertiary/aromatic N) is 2. The largest absolute Gasteiger partial charge is 0.484 e. The standard InChI is InChI=1S/C19H19Cl2N3O3/c1-13-10-23-24(11-13)9-3-8-22-19(25)17-7-6-14(27-17)12-26-16-5-2-4-15(20)18(16)21/h2,4-7,10-11H,3,8-9,12H2,1H3,(H,22,25). The van der Waals surface area contributed by atoms with Gasteiger partial charge in [0.2, 0.25) is 0 Å². The van der Waals surface area contributed by atoms with Crippen LogP contribution in [0.1, 0.15) is 28.3 Å². The number of aryl methyl sites for hydroxylation is 2. The van der Waals surface area contributed by atoms with Gasteiger partial charge < -0.3 is 14.5 Å². The highest BCUT2D eigenvalue weighted by atomic mass is 35.5. The minimum Gasteiger partial charge on any atom is -0.484 e. The highest BCUT2D eigenvalue weighted by Crippen LogP contribution is 2.32. The van der Waals surface area contributed by atoms with E-state index in [1.807, 2.05) is 24.0 Å². The molecule has 1 amide bonds. The summed E-state index contributed by atoms with van der Waals surface area (Å²) in [5.41, 5.74) is 1.11. The molecule has 1 aromatic carbocycles. The molecule has 0 fully saturated rings. The first kappa shape index (κ1) is 19.3. The number of carbonyl (C=O) groups excluding carboxylic acids is 1. The van der Waals surface area contributed by atoms with Crippen molar-refractivity contribution in [2.75, 3.05) is 6.54 Å². The molecule has 0 atom stereocenters. The van der Waals surface area contributed by atoms with Gasteiger partial charge in [-0.2, -0.15) is 5.10 Å². The number of halogens is 2. The quantitative estimate of drug-likeness (QED) is 0.558. The second-order valence-electron chi connectivity index (χ2n) is 6.00. The number of carbonyl (C=O) groups is 1. The number of benzene rings is 1. The van der Waals surface area contributed by atoms with Gasteiger partial charge in [0.15, 0.2) is 5.76 Å². The fourth-order valence-corrected chi connectivity index (χ4v) is 2.79. The molecule has 142 valence electrons. The van der Waals surface area contributed by atoms with Crippen LogP contribution >= 0.6 is 23.2 Å². The normalized spacial score (nSPS) is 10.8. The molecule has 0 aliphatic heterocycles. The van der Waals surface area contributed by atoms with E-state index < -0.39 is 0 Å². The third kappa shape index (κ3) is 5.28. The minimum absolute atomic E-state index is 0.145. The Morgan fingerprint density at radius 3 is 2.93 bits per heavy atom. The van der Waals surface area contributed by atoms with Crippen molar-refractivity contribution in [3.05, 3.63) is 69.9 Å². The molecule has 0 aliphatic carbocycles. The Morgan fingerprint density at radius 2 is 2.15 bits per heavy atom. The van der Waals surface area contributed by atoms with Crippen LogP contribution < -0.4 is 10.1 Å². The van der Waals surface area contributed by atoms with Crippen molar-refractivity contribution in [2.45, 2.75) is 26.5 Å². The van der Waals surface area contributed by atoms with Crippen molar-refractivity contribution in [1.82, 2.24) is 15.1 Å². The SMILES string of the molecule is Cc1cnn(CCCNC(=O)c2ccc(COc3cccc(Cl)c3Cl)o2)c1. The van der Waals surface area contributed by atoms with E-state index in [9.17, 15) is 4.79 Å². The maximum Gasteiger partial charge on any atom is 0.286 e. The van der Waals surface area contributed by atoms with Crippen molar-refractivity contribution in [3.63, 3.8) is 0 Å². The summed E-state index contributed by atoms with van der Waals surface area (Å²) in [5.74, 6) is 0.947. The highest BCUT2D eigenvalue weighted by Gasteiger charge is 2.12. The third-order valence-electron chi connectivity index (χ3n) is 3.78. The van der Waals surface area contributed by atoms with Gasteiger partial charge in [0, 0.05) is 19.3 Å². The lowest BCUT2D eigenvalue weighted by Gasteiger charge is -2.07. The van der Waals surface area contributed by atoms with Gasteiger partial charge in [-0.1, -0.05) is 29.3 Å². The third-order valence-corrected chi connectivity index (χ3v) is 4.58. The Balaban J connectivity index is 1.45.